The summed E-state index contributed by atoms with van der Waals surface area (Å²) in [5.41, 5.74) is 1.13. The zero-order valence-corrected chi connectivity index (χ0v) is 15.8. The summed E-state index contributed by atoms with van der Waals surface area (Å²) in [6.07, 6.45) is 2.18. The van der Waals surface area contributed by atoms with E-state index in [9.17, 15) is 13.2 Å². The van der Waals surface area contributed by atoms with E-state index in [-0.39, 0.29) is 16.8 Å². The summed E-state index contributed by atoms with van der Waals surface area (Å²) in [5, 5.41) is 2.85. The Balaban J connectivity index is 2.19. The van der Waals surface area contributed by atoms with Gasteiger partial charge in [0.2, 0.25) is 15.9 Å². The molecule has 0 spiro atoms. The third-order valence-electron chi connectivity index (χ3n) is 4.86. The second-order valence-electron chi connectivity index (χ2n) is 6.58. The first-order valence-corrected chi connectivity index (χ1v) is 9.78. The fourth-order valence-electron chi connectivity index (χ4n) is 3.44. The van der Waals surface area contributed by atoms with Crippen molar-refractivity contribution in [2.45, 2.75) is 63.6 Å². The smallest absolute Gasteiger partial charge is 0.241 e. The van der Waals surface area contributed by atoms with Crippen molar-refractivity contribution in [1.82, 2.24) is 9.62 Å². The number of hydrogen-bond acceptors (Lipinski definition) is 4. The second kappa shape index (κ2) is 7.21. The molecule has 1 aliphatic heterocycles. The number of benzene rings is 1. The molecule has 2 rings (SSSR count). The molecule has 1 aromatic rings. The number of carbonyl (C=O) groups is 1. The number of carbonyl (C=O) groups excluding carboxylic acids is 1. The van der Waals surface area contributed by atoms with Crippen molar-refractivity contribution >= 4 is 21.6 Å². The number of sulfonamides is 1. The second-order valence-corrected chi connectivity index (χ2v) is 8.43. The first-order chi connectivity index (χ1) is 11.2. The Morgan fingerprint density at radius 1 is 1.25 bits per heavy atom. The van der Waals surface area contributed by atoms with Gasteiger partial charge in [-0.2, -0.15) is 0 Å². The number of aryl methyl sites for hydroxylation is 1. The Labute approximate surface area is 144 Å². The van der Waals surface area contributed by atoms with Gasteiger partial charge < -0.3 is 5.32 Å². The monoisotopic (exact) mass is 353 g/mol. The Morgan fingerprint density at radius 3 is 2.38 bits per heavy atom. The minimum Gasteiger partial charge on any atom is -0.325 e. The van der Waals surface area contributed by atoms with E-state index in [1.54, 1.807) is 19.1 Å². The number of nitrogens with zero attached hydrogens (tertiary/aromatic N) is 1. The lowest BCUT2D eigenvalue weighted by atomic mass is 10.2. The summed E-state index contributed by atoms with van der Waals surface area (Å²) in [6.45, 7) is 7.90. The third-order valence-corrected chi connectivity index (χ3v) is 6.42. The molecular weight excluding hydrogens is 326 g/mol. The highest BCUT2D eigenvalue weighted by Gasteiger charge is 2.34. The van der Waals surface area contributed by atoms with Crippen LogP contribution in [0.1, 0.15) is 39.2 Å². The molecule has 1 amide bonds. The maximum atomic E-state index is 12.6. The van der Waals surface area contributed by atoms with Crippen molar-refractivity contribution in [2.24, 2.45) is 0 Å². The molecule has 1 heterocycles. The number of rotatable bonds is 5. The highest BCUT2D eigenvalue weighted by atomic mass is 32.2. The van der Waals surface area contributed by atoms with Crippen LogP contribution in [0, 0.1) is 6.92 Å². The van der Waals surface area contributed by atoms with E-state index in [4.69, 9.17) is 0 Å². The third kappa shape index (κ3) is 3.79. The highest BCUT2D eigenvalue weighted by Crippen LogP contribution is 2.27. The van der Waals surface area contributed by atoms with Crippen LogP contribution in [-0.4, -0.2) is 44.4 Å². The van der Waals surface area contributed by atoms with Gasteiger partial charge in [-0.3, -0.25) is 9.69 Å². The Bertz CT molecular complexity index is 708. The van der Waals surface area contributed by atoms with Crippen molar-refractivity contribution < 1.29 is 13.2 Å². The van der Waals surface area contributed by atoms with Crippen molar-refractivity contribution in [3.05, 3.63) is 23.8 Å². The molecule has 0 saturated carbocycles. The lowest BCUT2D eigenvalue weighted by Gasteiger charge is -2.31. The maximum Gasteiger partial charge on any atom is 0.241 e. The van der Waals surface area contributed by atoms with Crippen LogP contribution in [0.2, 0.25) is 0 Å². The van der Waals surface area contributed by atoms with Crippen LogP contribution in [0.5, 0.6) is 0 Å². The number of anilines is 1. The largest absolute Gasteiger partial charge is 0.325 e. The van der Waals surface area contributed by atoms with E-state index in [2.05, 4.69) is 28.8 Å². The number of amides is 1. The normalized spacial score (nSPS) is 23.2. The molecule has 0 radical (unpaired) electrons. The first kappa shape index (κ1) is 18.9. The predicted molar refractivity (Wildman–Crippen MR) is 95.5 cm³/mol. The van der Waals surface area contributed by atoms with Gasteiger partial charge >= 0.3 is 0 Å². The van der Waals surface area contributed by atoms with Gasteiger partial charge in [0.05, 0.1) is 10.9 Å². The first-order valence-electron chi connectivity index (χ1n) is 8.30. The summed E-state index contributed by atoms with van der Waals surface area (Å²) in [5.74, 6) is -0.118. The van der Waals surface area contributed by atoms with Crippen LogP contribution in [0.3, 0.4) is 0 Å². The van der Waals surface area contributed by atoms with Crippen LogP contribution in [0.4, 0.5) is 5.69 Å². The molecule has 7 heteroatoms. The molecule has 134 valence electrons. The summed E-state index contributed by atoms with van der Waals surface area (Å²) < 4.78 is 26.4. The molecule has 24 heavy (non-hydrogen) atoms. The van der Waals surface area contributed by atoms with E-state index in [1.165, 1.54) is 13.1 Å². The predicted octanol–water partition coefficient (Wildman–Crippen LogP) is 2.10. The molecule has 1 fully saturated rings. The summed E-state index contributed by atoms with van der Waals surface area (Å²) in [6, 6.07) is 5.42. The van der Waals surface area contributed by atoms with E-state index >= 15 is 0 Å². The van der Waals surface area contributed by atoms with Crippen molar-refractivity contribution in [3.63, 3.8) is 0 Å². The van der Waals surface area contributed by atoms with Crippen LogP contribution in [-0.2, 0) is 14.8 Å². The van der Waals surface area contributed by atoms with E-state index in [1.807, 2.05) is 6.92 Å². The average molecular weight is 353 g/mol. The molecule has 1 saturated heterocycles. The molecule has 0 aromatic heterocycles. The van der Waals surface area contributed by atoms with Gasteiger partial charge in [0.25, 0.3) is 0 Å². The minimum absolute atomic E-state index is 0.118. The Kier molecular flexibility index (Phi) is 5.67. The SMILES string of the molecule is CNS(=O)(=O)c1cc(NC(=O)C(C)N2C(C)CCC2C)ccc1C. The molecule has 0 bridgehead atoms. The zero-order chi connectivity index (χ0) is 18.1. The average Bonchev–Trinajstić information content (AvgIpc) is 2.87. The number of likely N-dealkylation sites (tertiary alicyclic amines) is 1. The topological polar surface area (TPSA) is 78.5 Å². The Hall–Kier alpha value is -1.44. The van der Waals surface area contributed by atoms with E-state index < -0.39 is 10.0 Å². The van der Waals surface area contributed by atoms with Gasteiger partial charge in [-0.25, -0.2) is 13.1 Å². The fourth-order valence-corrected chi connectivity index (χ4v) is 4.43. The van der Waals surface area contributed by atoms with Gasteiger partial charge in [0, 0.05) is 17.8 Å². The molecule has 0 aliphatic carbocycles. The quantitative estimate of drug-likeness (QED) is 0.850. The molecule has 1 aliphatic rings. The Morgan fingerprint density at radius 2 is 1.83 bits per heavy atom. The van der Waals surface area contributed by atoms with Gasteiger partial charge in [0.15, 0.2) is 0 Å². The van der Waals surface area contributed by atoms with E-state index in [0.717, 1.165) is 12.8 Å². The van der Waals surface area contributed by atoms with Crippen molar-refractivity contribution in [1.29, 1.82) is 0 Å². The van der Waals surface area contributed by atoms with Crippen LogP contribution < -0.4 is 10.0 Å². The minimum atomic E-state index is -3.55. The molecule has 6 nitrogen and oxygen atoms in total. The standard InChI is InChI=1S/C17H27N3O3S/c1-11-6-9-15(10-16(11)24(22,23)18-5)19-17(21)14(4)20-12(2)7-8-13(20)3/h6,9-10,12-14,18H,7-8H2,1-5H3,(H,19,21). The fraction of sp³-hybridized carbons (Fsp3) is 0.588. The summed E-state index contributed by atoms with van der Waals surface area (Å²) in [4.78, 5) is 15.0. The molecule has 2 N–H and O–H groups in total. The number of nitrogens with one attached hydrogen (secondary N) is 2. The zero-order valence-electron chi connectivity index (χ0n) is 15.0. The van der Waals surface area contributed by atoms with E-state index in [0.29, 0.717) is 23.3 Å². The molecular formula is C17H27N3O3S. The lowest BCUT2D eigenvalue weighted by Crippen LogP contribution is -2.46. The summed E-state index contributed by atoms with van der Waals surface area (Å²) >= 11 is 0. The molecule has 1 aromatic carbocycles. The van der Waals surface area contributed by atoms with Crippen LogP contribution in [0.15, 0.2) is 23.1 Å². The molecule has 3 unspecified atom stereocenters. The van der Waals surface area contributed by atoms with Crippen molar-refractivity contribution in [3.8, 4) is 0 Å². The van der Waals surface area contributed by atoms with Gasteiger partial charge in [-0.15, -0.1) is 0 Å². The summed E-state index contributed by atoms with van der Waals surface area (Å²) in [7, 11) is -2.18. The van der Waals surface area contributed by atoms with Gasteiger partial charge in [0.1, 0.15) is 0 Å². The van der Waals surface area contributed by atoms with Crippen molar-refractivity contribution in [2.75, 3.05) is 12.4 Å². The number of hydrogen-bond donors (Lipinski definition) is 2. The van der Waals surface area contributed by atoms with Crippen LogP contribution in [0.25, 0.3) is 0 Å². The lowest BCUT2D eigenvalue weighted by molar-refractivity contribution is -0.121. The molecule has 3 atom stereocenters. The van der Waals surface area contributed by atoms with Crippen LogP contribution >= 0.6 is 0 Å². The highest BCUT2D eigenvalue weighted by molar-refractivity contribution is 7.89. The van der Waals surface area contributed by atoms with Gasteiger partial charge in [-0.1, -0.05) is 6.07 Å². The maximum absolute atomic E-state index is 12.6. The van der Waals surface area contributed by atoms with Gasteiger partial charge in [-0.05, 0) is 65.3 Å².